The Morgan fingerprint density at radius 2 is 1.84 bits per heavy atom. The van der Waals surface area contributed by atoms with Gasteiger partial charge in [0.05, 0.1) is 23.8 Å². The van der Waals surface area contributed by atoms with Gasteiger partial charge in [0.25, 0.3) is 0 Å². The molecule has 11 heteroatoms. The molecule has 0 spiro atoms. The third kappa shape index (κ3) is 6.14. The lowest BCUT2D eigenvalue weighted by Gasteiger charge is -2.38. The Balaban J connectivity index is 1.51. The van der Waals surface area contributed by atoms with Crippen LogP contribution in [0.5, 0.6) is 0 Å². The number of nitrogens with zero attached hydrogens (tertiary/aromatic N) is 4. The van der Waals surface area contributed by atoms with Crippen molar-refractivity contribution in [2.24, 2.45) is 5.92 Å². The van der Waals surface area contributed by atoms with E-state index in [1.165, 1.54) is 0 Å². The van der Waals surface area contributed by atoms with Crippen molar-refractivity contribution in [1.82, 2.24) is 20.1 Å². The van der Waals surface area contributed by atoms with Gasteiger partial charge in [-0.3, -0.25) is 4.90 Å². The van der Waals surface area contributed by atoms with Gasteiger partial charge in [-0.15, -0.1) is 0 Å². The second-order valence-electron chi connectivity index (χ2n) is 8.15. The maximum absolute atomic E-state index is 12.8. The van der Waals surface area contributed by atoms with Crippen LogP contribution in [-0.2, 0) is 10.9 Å². The minimum Gasteiger partial charge on any atom is -0.379 e. The molecule has 1 N–H and O–H groups in total. The summed E-state index contributed by atoms with van der Waals surface area (Å²) in [4.78, 5) is 22.4. The number of aromatic nitrogens is 1. The number of alkyl halides is 3. The molecule has 2 aliphatic rings. The van der Waals surface area contributed by atoms with E-state index in [1.54, 1.807) is 9.80 Å². The Morgan fingerprint density at radius 3 is 2.39 bits per heavy atom. The molecule has 3 rings (SSSR count). The smallest absolute Gasteiger partial charge is 0.379 e. The molecule has 7 nitrogen and oxygen atoms in total. The molecule has 2 saturated heterocycles. The molecule has 2 fully saturated rings. The van der Waals surface area contributed by atoms with Crippen molar-refractivity contribution in [2.45, 2.75) is 26.1 Å². The number of pyridine rings is 1. The molecule has 1 aromatic heterocycles. The number of carbonyl (C=O) groups excluding carboxylic acids is 1. The fourth-order valence-corrected chi connectivity index (χ4v) is 4.22. The van der Waals surface area contributed by atoms with E-state index in [-0.39, 0.29) is 17.1 Å². The number of morpholine rings is 1. The lowest BCUT2D eigenvalue weighted by molar-refractivity contribution is -0.137. The average molecular weight is 464 g/mol. The molecule has 31 heavy (non-hydrogen) atoms. The second-order valence-corrected chi connectivity index (χ2v) is 8.55. The van der Waals surface area contributed by atoms with Gasteiger partial charge in [0.1, 0.15) is 5.82 Å². The summed E-state index contributed by atoms with van der Waals surface area (Å²) in [5.74, 6) is 0.699. The number of nitrogens with one attached hydrogen (secondary N) is 1. The molecule has 0 bridgehead atoms. The Morgan fingerprint density at radius 1 is 1.19 bits per heavy atom. The molecule has 0 radical (unpaired) electrons. The van der Waals surface area contributed by atoms with Crippen molar-refractivity contribution >= 4 is 23.4 Å². The minimum atomic E-state index is -4.49. The fourth-order valence-electron chi connectivity index (χ4n) is 3.94. The molecule has 0 saturated carbocycles. The van der Waals surface area contributed by atoms with Crippen molar-refractivity contribution in [1.29, 1.82) is 0 Å². The highest BCUT2D eigenvalue weighted by molar-refractivity contribution is 6.33. The summed E-state index contributed by atoms with van der Waals surface area (Å²) in [7, 11) is 0. The van der Waals surface area contributed by atoms with Gasteiger partial charge >= 0.3 is 12.2 Å². The first-order valence-corrected chi connectivity index (χ1v) is 10.9. The first-order chi connectivity index (χ1) is 14.7. The van der Waals surface area contributed by atoms with Gasteiger partial charge in [0.15, 0.2) is 0 Å². The van der Waals surface area contributed by atoms with E-state index in [9.17, 15) is 18.0 Å². The monoisotopic (exact) mass is 463 g/mol. The number of hydrogen-bond donors (Lipinski definition) is 1. The number of urea groups is 1. The molecule has 2 aliphatic heterocycles. The number of anilines is 1. The second kappa shape index (κ2) is 10.2. The topological polar surface area (TPSA) is 60.9 Å². The van der Waals surface area contributed by atoms with Gasteiger partial charge in [-0.1, -0.05) is 25.4 Å². The average Bonchev–Trinajstić information content (AvgIpc) is 2.74. The van der Waals surface area contributed by atoms with E-state index in [4.69, 9.17) is 16.3 Å². The number of amides is 2. The van der Waals surface area contributed by atoms with Gasteiger partial charge in [0.2, 0.25) is 0 Å². The molecule has 1 atom stereocenters. The van der Waals surface area contributed by atoms with Gasteiger partial charge < -0.3 is 19.9 Å². The van der Waals surface area contributed by atoms with Crippen molar-refractivity contribution < 1.29 is 22.7 Å². The molecule has 0 unspecified atom stereocenters. The van der Waals surface area contributed by atoms with Crippen LogP contribution in [0.15, 0.2) is 12.3 Å². The van der Waals surface area contributed by atoms with Crippen LogP contribution in [-0.4, -0.2) is 85.9 Å². The molecular formula is C20H29ClF3N5O2. The Bertz CT molecular complexity index is 751. The van der Waals surface area contributed by atoms with E-state index in [0.717, 1.165) is 25.4 Å². The van der Waals surface area contributed by atoms with Crippen LogP contribution in [0, 0.1) is 5.92 Å². The minimum absolute atomic E-state index is 0.0435. The van der Waals surface area contributed by atoms with Crippen LogP contribution >= 0.6 is 11.6 Å². The van der Waals surface area contributed by atoms with Gasteiger partial charge in [-0.25, -0.2) is 9.78 Å². The largest absolute Gasteiger partial charge is 0.417 e. The van der Waals surface area contributed by atoms with Crippen molar-refractivity contribution in [3.8, 4) is 0 Å². The molecule has 3 heterocycles. The zero-order valence-corrected chi connectivity index (χ0v) is 18.5. The molecular weight excluding hydrogens is 435 g/mol. The fraction of sp³-hybridized carbons (Fsp3) is 0.700. The van der Waals surface area contributed by atoms with Gasteiger partial charge in [-0.2, -0.15) is 13.2 Å². The van der Waals surface area contributed by atoms with Gasteiger partial charge in [-0.05, 0) is 12.0 Å². The summed E-state index contributed by atoms with van der Waals surface area (Å²) >= 11 is 6.05. The van der Waals surface area contributed by atoms with E-state index < -0.39 is 11.7 Å². The van der Waals surface area contributed by atoms with E-state index in [1.807, 2.05) is 0 Å². The maximum Gasteiger partial charge on any atom is 0.417 e. The van der Waals surface area contributed by atoms with E-state index in [2.05, 4.69) is 29.0 Å². The highest BCUT2D eigenvalue weighted by Gasteiger charge is 2.33. The predicted molar refractivity (Wildman–Crippen MR) is 112 cm³/mol. The van der Waals surface area contributed by atoms with Crippen LogP contribution in [0.4, 0.5) is 23.8 Å². The van der Waals surface area contributed by atoms with Crippen LogP contribution in [0.2, 0.25) is 5.02 Å². The van der Waals surface area contributed by atoms with E-state index >= 15 is 0 Å². The van der Waals surface area contributed by atoms with E-state index in [0.29, 0.717) is 57.7 Å². The Labute approximate surface area is 185 Å². The summed E-state index contributed by atoms with van der Waals surface area (Å²) < 4.78 is 43.8. The summed E-state index contributed by atoms with van der Waals surface area (Å²) in [5.41, 5.74) is -0.876. The standard InChI is InChI=1S/C20H29ClF3N5O2/c1-14(2)17(27-7-9-31-10-8-27)13-26-19(30)29-5-3-28(4-6-29)18-16(21)11-15(12-25-18)20(22,23)24/h11-12,14,17H,3-10,13H2,1-2H3,(H,26,30)/t17-/m0/s1. The number of hydrogen-bond acceptors (Lipinski definition) is 5. The third-order valence-electron chi connectivity index (χ3n) is 5.76. The molecule has 1 aromatic rings. The molecule has 0 aliphatic carbocycles. The predicted octanol–water partition coefficient (Wildman–Crippen LogP) is 2.94. The number of halogens is 4. The van der Waals surface area contributed by atoms with Crippen molar-refractivity contribution in [3.63, 3.8) is 0 Å². The number of carbonyl (C=O) groups is 1. The third-order valence-corrected chi connectivity index (χ3v) is 6.04. The number of ether oxygens (including phenoxy) is 1. The maximum atomic E-state index is 12.8. The van der Waals surface area contributed by atoms with Crippen LogP contribution in [0.3, 0.4) is 0 Å². The van der Waals surface area contributed by atoms with Crippen molar-refractivity contribution in [3.05, 3.63) is 22.8 Å². The van der Waals surface area contributed by atoms with Gasteiger partial charge in [0, 0.05) is 58.1 Å². The molecule has 174 valence electrons. The number of piperazine rings is 1. The highest BCUT2D eigenvalue weighted by Crippen LogP contribution is 2.33. The normalized spacial score (nSPS) is 19.6. The lowest BCUT2D eigenvalue weighted by atomic mass is 10.0. The van der Waals surface area contributed by atoms with Crippen LogP contribution < -0.4 is 10.2 Å². The van der Waals surface area contributed by atoms with Crippen LogP contribution in [0.1, 0.15) is 19.4 Å². The Kier molecular flexibility index (Phi) is 7.87. The summed E-state index contributed by atoms with van der Waals surface area (Å²) in [5, 5.41) is 3.00. The summed E-state index contributed by atoms with van der Waals surface area (Å²) in [6.07, 6.45) is -3.70. The SMILES string of the molecule is CC(C)[C@H](CNC(=O)N1CCN(c2ncc(C(F)(F)F)cc2Cl)CC1)N1CCOCC1. The molecule has 0 aromatic carbocycles. The number of rotatable bonds is 5. The molecule has 2 amide bonds. The van der Waals surface area contributed by atoms with Crippen molar-refractivity contribution in [2.75, 3.05) is 63.9 Å². The highest BCUT2D eigenvalue weighted by atomic mass is 35.5. The Hall–Kier alpha value is -1.78. The summed E-state index contributed by atoms with van der Waals surface area (Å²) in [6.45, 7) is 9.76. The zero-order valence-electron chi connectivity index (χ0n) is 17.8. The quantitative estimate of drug-likeness (QED) is 0.727. The first kappa shape index (κ1) is 23.9. The zero-order chi connectivity index (χ0) is 22.6. The lowest BCUT2D eigenvalue weighted by Crippen LogP contribution is -2.55. The summed E-state index contributed by atoms with van der Waals surface area (Å²) in [6, 6.07) is 0.995. The van der Waals surface area contributed by atoms with Crippen LogP contribution in [0.25, 0.3) is 0 Å². The first-order valence-electron chi connectivity index (χ1n) is 10.5.